The van der Waals surface area contributed by atoms with Gasteiger partial charge in [0.25, 0.3) is 5.91 Å². The van der Waals surface area contributed by atoms with Crippen LogP contribution in [0.2, 0.25) is 0 Å². The van der Waals surface area contributed by atoms with Gasteiger partial charge in [0.2, 0.25) is 11.7 Å². The second-order valence-corrected chi connectivity index (χ2v) is 12.4. The van der Waals surface area contributed by atoms with E-state index in [1.807, 2.05) is 7.05 Å². The van der Waals surface area contributed by atoms with Gasteiger partial charge in [-0.25, -0.2) is 4.39 Å². The maximum atomic E-state index is 15.4. The van der Waals surface area contributed by atoms with Crippen molar-refractivity contribution in [3.63, 3.8) is 0 Å². The van der Waals surface area contributed by atoms with E-state index in [4.69, 9.17) is 4.52 Å². The van der Waals surface area contributed by atoms with Gasteiger partial charge in [0.1, 0.15) is 6.17 Å². The zero-order valence-electron chi connectivity index (χ0n) is 22.7. The fraction of sp³-hybridized carbons (Fsp3) is 0.500. The Balaban J connectivity index is 1.14. The first-order valence-corrected chi connectivity index (χ1v) is 14.9. The van der Waals surface area contributed by atoms with Gasteiger partial charge in [-0.15, -0.1) is 11.3 Å². The number of nitrogens with zero attached hydrogens (tertiary/aromatic N) is 5. The zero-order chi connectivity index (χ0) is 29.2. The SMILES string of the molecule is CN1[C@@H]2CC[C@H]1[C@H](F)[C@H](Nc1cccc3c(CC(F)(F)F)c(-c4noc(CNC(=O)c5cnn(C6CC6)c5)n4)sc13)C2. The minimum absolute atomic E-state index is 0.00732. The van der Waals surface area contributed by atoms with E-state index in [0.29, 0.717) is 33.8 Å². The summed E-state index contributed by atoms with van der Waals surface area (Å²) < 4.78 is 64.3. The summed E-state index contributed by atoms with van der Waals surface area (Å²) in [5.41, 5.74) is 1.02. The molecule has 3 aliphatic rings. The normalized spacial score (nSPS) is 24.4. The Morgan fingerprint density at radius 1 is 1.19 bits per heavy atom. The molecular weight excluding hydrogens is 574 g/mol. The number of piperidine rings is 1. The molecule has 1 amide bonds. The molecule has 9 nitrogen and oxygen atoms in total. The van der Waals surface area contributed by atoms with E-state index < -0.39 is 24.8 Å². The number of benzene rings is 1. The highest BCUT2D eigenvalue weighted by molar-refractivity contribution is 7.23. The highest BCUT2D eigenvalue weighted by atomic mass is 32.1. The molecule has 0 unspecified atom stereocenters. The minimum atomic E-state index is -4.48. The summed E-state index contributed by atoms with van der Waals surface area (Å²) in [5.74, 6) is -0.304. The van der Waals surface area contributed by atoms with Crippen LogP contribution in [0.5, 0.6) is 0 Å². The van der Waals surface area contributed by atoms with E-state index in [9.17, 15) is 18.0 Å². The van der Waals surface area contributed by atoms with Crippen molar-refractivity contribution in [1.29, 1.82) is 0 Å². The van der Waals surface area contributed by atoms with Crippen molar-refractivity contribution in [1.82, 2.24) is 30.1 Å². The first-order chi connectivity index (χ1) is 20.1. The lowest BCUT2D eigenvalue weighted by molar-refractivity contribution is -0.126. The van der Waals surface area contributed by atoms with Crippen molar-refractivity contribution in [2.24, 2.45) is 0 Å². The summed E-state index contributed by atoms with van der Waals surface area (Å²) in [7, 11) is 1.95. The summed E-state index contributed by atoms with van der Waals surface area (Å²) in [6, 6.07) is 5.12. The van der Waals surface area contributed by atoms with Crippen molar-refractivity contribution < 1.29 is 26.9 Å². The Morgan fingerprint density at radius 3 is 2.79 bits per heavy atom. The van der Waals surface area contributed by atoms with Crippen LogP contribution in [-0.4, -0.2) is 68.2 Å². The molecule has 4 atom stereocenters. The fourth-order valence-electron chi connectivity index (χ4n) is 6.25. The molecule has 1 aromatic carbocycles. The van der Waals surface area contributed by atoms with Crippen molar-refractivity contribution >= 4 is 33.0 Å². The molecule has 1 aliphatic carbocycles. The lowest BCUT2D eigenvalue weighted by Gasteiger charge is -2.39. The third-order valence-electron chi connectivity index (χ3n) is 8.57. The molecule has 3 aromatic heterocycles. The second kappa shape index (κ2) is 10.3. The van der Waals surface area contributed by atoms with Gasteiger partial charge in [0, 0.05) is 18.3 Å². The Hall–Kier alpha value is -3.52. The standard InChI is InChI=1S/C28H29F4N7O2S/c1-38-16-7-8-21(38)23(29)20(9-16)35-19-4-2-3-17-18(10-28(30,31)32)25(42-24(17)19)26-36-22(41-37-26)12-33-27(40)14-11-34-39(13-14)15-5-6-15/h2-4,11,13,15-16,20-21,23,35H,5-10,12H2,1H3,(H,33,40)/t16-,20-,21+,23-/m1/s1. The van der Waals surface area contributed by atoms with E-state index in [1.54, 1.807) is 29.1 Å². The molecule has 0 spiro atoms. The lowest BCUT2D eigenvalue weighted by Crippen LogP contribution is -2.53. The molecule has 7 rings (SSSR count). The average molecular weight is 604 g/mol. The van der Waals surface area contributed by atoms with Crippen molar-refractivity contribution in [3.05, 3.63) is 47.6 Å². The molecule has 4 aromatic rings. The third-order valence-corrected chi connectivity index (χ3v) is 9.84. The van der Waals surface area contributed by atoms with E-state index in [2.05, 4.69) is 30.8 Å². The number of nitrogens with one attached hydrogen (secondary N) is 2. The number of thiophene rings is 1. The summed E-state index contributed by atoms with van der Waals surface area (Å²) in [5, 5.41) is 14.6. The molecule has 14 heteroatoms. The first-order valence-electron chi connectivity index (χ1n) is 14.0. The van der Waals surface area contributed by atoms with Crippen LogP contribution in [0.25, 0.3) is 20.8 Å². The minimum Gasteiger partial charge on any atom is -0.378 e. The number of anilines is 1. The quantitative estimate of drug-likeness (QED) is 0.257. The molecule has 222 valence electrons. The third kappa shape index (κ3) is 5.14. The van der Waals surface area contributed by atoms with Crippen molar-refractivity contribution in [3.8, 4) is 10.7 Å². The maximum absolute atomic E-state index is 15.4. The van der Waals surface area contributed by atoms with Gasteiger partial charge in [-0.2, -0.15) is 23.3 Å². The zero-order valence-corrected chi connectivity index (χ0v) is 23.5. The predicted octanol–water partition coefficient (Wildman–Crippen LogP) is 5.50. The molecule has 2 N–H and O–H groups in total. The number of aromatic nitrogens is 4. The topological polar surface area (TPSA) is 101 Å². The van der Waals surface area contributed by atoms with Gasteiger partial charge in [-0.05, 0) is 56.2 Å². The molecule has 1 saturated carbocycles. The molecule has 2 aliphatic heterocycles. The lowest BCUT2D eigenvalue weighted by atomic mass is 9.95. The summed E-state index contributed by atoms with van der Waals surface area (Å²) in [6.45, 7) is -0.0942. The van der Waals surface area contributed by atoms with E-state index in [0.717, 1.165) is 37.0 Å². The smallest absolute Gasteiger partial charge is 0.378 e. The van der Waals surface area contributed by atoms with Gasteiger partial charge in [-0.1, -0.05) is 17.3 Å². The van der Waals surface area contributed by atoms with Crippen molar-refractivity contribution in [2.75, 3.05) is 12.4 Å². The number of hydrogen-bond acceptors (Lipinski definition) is 8. The van der Waals surface area contributed by atoms with Crippen LogP contribution in [-0.2, 0) is 13.0 Å². The second-order valence-electron chi connectivity index (χ2n) is 11.4. The molecule has 0 radical (unpaired) electrons. The van der Waals surface area contributed by atoms with Gasteiger partial charge in [0.05, 0.1) is 52.1 Å². The summed E-state index contributed by atoms with van der Waals surface area (Å²) in [4.78, 5) is 19.2. The number of fused-ring (bicyclic) bond motifs is 3. The molecule has 3 fully saturated rings. The molecule has 2 bridgehead atoms. The number of hydrogen-bond donors (Lipinski definition) is 2. The largest absolute Gasteiger partial charge is 0.393 e. The van der Waals surface area contributed by atoms with Crippen LogP contribution in [0.1, 0.15) is 60.0 Å². The Kier molecular flexibility index (Phi) is 6.72. The van der Waals surface area contributed by atoms with Crippen LogP contribution in [0, 0.1) is 0 Å². The average Bonchev–Trinajstić information content (AvgIpc) is 3.25. The fourth-order valence-corrected chi connectivity index (χ4v) is 7.47. The van der Waals surface area contributed by atoms with Crippen LogP contribution >= 0.6 is 11.3 Å². The number of carbonyl (C=O) groups is 1. The molecular formula is C28H29F4N7O2S. The number of halogens is 4. The maximum Gasteiger partial charge on any atom is 0.393 e. The number of amides is 1. The van der Waals surface area contributed by atoms with E-state index >= 15 is 4.39 Å². The number of alkyl halides is 4. The molecule has 5 heterocycles. The van der Waals surface area contributed by atoms with Crippen LogP contribution in [0.3, 0.4) is 0 Å². The van der Waals surface area contributed by atoms with E-state index in [1.165, 1.54) is 6.20 Å². The van der Waals surface area contributed by atoms with Gasteiger partial charge in [-0.3, -0.25) is 14.4 Å². The number of rotatable bonds is 8. The monoisotopic (exact) mass is 603 g/mol. The van der Waals surface area contributed by atoms with E-state index in [-0.39, 0.29) is 46.7 Å². The number of carbonyl (C=O) groups excluding carboxylic acids is 1. The summed E-state index contributed by atoms with van der Waals surface area (Å²) in [6.07, 6.45) is 0.859. The van der Waals surface area contributed by atoms with Gasteiger partial charge in [0.15, 0.2) is 0 Å². The Bertz CT molecular complexity index is 1630. The molecule has 2 saturated heterocycles. The molecule has 42 heavy (non-hydrogen) atoms. The van der Waals surface area contributed by atoms with Gasteiger partial charge >= 0.3 is 6.18 Å². The highest BCUT2D eigenvalue weighted by Gasteiger charge is 2.46. The predicted molar refractivity (Wildman–Crippen MR) is 148 cm³/mol. The first kappa shape index (κ1) is 27.3. The van der Waals surface area contributed by atoms with Crippen molar-refractivity contribution in [2.45, 2.75) is 81.6 Å². The Labute approximate surface area is 242 Å². The Morgan fingerprint density at radius 2 is 2.00 bits per heavy atom. The van der Waals surface area contributed by atoms with Gasteiger partial charge < -0.3 is 15.2 Å². The van der Waals surface area contributed by atoms with Crippen LogP contribution in [0.15, 0.2) is 35.1 Å². The summed E-state index contributed by atoms with van der Waals surface area (Å²) >= 11 is 1.12. The van der Waals surface area contributed by atoms with Crippen LogP contribution < -0.4 is 10.6 Å². The highest BCUT2D eigenvalue weighted by Crippen LogP contribution is 2.45. The van der Waals surface area contributed by atoms with Crippen LogP contribution in [0.4, 0.5) is 23.2 Å².